The Hall–Kier alpha value is -2.35. The number of para-hydroxylation sites is 1. The number of hydrogen-bond donors (Lipinski definition) is 2. The van der Waals surface area contributed by atoms with Gasteiger partial charge < -0.3 is 5.32 Å². The maximum Gasteiger partial charge on any atom is 0.321 e. The highest BCUT2D eigenvalue weighted by molar-refractivity contribution is 8.00. The molecule has 1 aromatic heterocycles. The molecule has 1 aliphatic rings. The Balaban J connectivity index is 1.83. The molecule has 0 radical (unpaired) electrons. The minimum atomic E-state index is -0.564. The van der Waals surface area contributed by atoms with Crippen LogP contribution in [0.4, 0.5) is 4.79 Å². The third-order valence-electron chi connectivity index (χ3n) is 4.00. The van der Waals surface area contributed by atoms with Crippen LogP contribution < -0.4 is 16.2 Å². The summed E-state index contributed by atoms with van der Waals surface area (Å²) in [5, 5.41) is 5.47. The van der Waals surface area contributed by atoms with Gasteiger partial charge in [0.15, 0.2) is 5.16 Å². The lowest BCUT2D eigenvalue weighted by Gasteiger charge is -2.16. The standard InChI is InChI=1S/C18H22N4O3S/c1-10(2)19-17(25)21-15(23)11(3)26-18-20-14-7-5-4-6-13(14)16(24)22(18)12-8-9-12/h4-7,10-12H,8-9H2,1-3H3,(H2,19,21,23,25)/t11-/m1/s1. The van der Waals surface area contributed by atoms with E-state index in [1.54, 1.807) is 23.6 Å². The smallest absolute Gasteiger partial charge is 0.321 e. The van der Waals surface area contributed by atoms with Crippen molar-refractivity contribution in [3.05, 3.63) is 34.6 Å². The van der Waals surface area contributed by atoms with Crippen LogP contribution in [-0.2, 0) is 4.79 Å². The first-order valence-electron chi connectivity index (χ1n) is 8.66. The fraction of sp³-hybridized carbons (Fsp3) is 0.444. The van der Waals surface area contributed by atoms with Gasteiger partial charge >= 0.3 is 6.03 Å². The van der Waals surface area contributed by atoms with E-state index in [9.17, 15) is 14.4 Å². The highest BCUT2D eigenvalue weighted by Crippen LogP contribution is 2.37. The number of thioether (sulfide) groups is 1. The lowest BCUT2D eigenvalue weighted by molar-refractivity contribution is -0.119. The van der Waals surface area contributed by atoms with Crippen LogP contribution in [0.1, 0.15) is 39.7 Å². The van der Waals surface area contributed by atoms with E-state index in [1.165, 1.54) is 11.8 Å². The molecule has 8 heteroatoms. The number of fused-ring (bicyclic) bond motifs is 1. The summed E-state index contributed by atoms with van der Waals surface area (Å²) in [5.74, 6) is -0.419. The van der Waals surface area contributed by atoms with Gasteiger partial charge in [0.2, 0.25) is 5.91 Å². The number of nitrogens with zero attached hydrogens (tertiary/aromatic N) is 2. The largest absolute Gasteiger partial charge is 0.336 e. The number of benzene rings is 1. The molecular formula is C18H22N4O3S. The fourth-order valence-electron chi connectivity index (χ4n) is 2.59. The Morgan fingerprint density at radius 1 is 1.23 bits per heavy atom. The molecule has 0 aliphatic heterocycles. The van der Waals surface area contributed by atoms with Crippen LogP contribution in [0.3, 0.4) is 0 Å². The zero-order valence-electron chi connectivity index (χ0n) is 15.0. The molecule has 1 heterocycles. The van der Waals surface area contributed by atoms with Crippen molar-refractivity contribution in [1.82, 2.24) is 20.2 Å². The predicted octanol–water partition coefficient (Wildman–Crippen LogP) is 2.45. The van der Waals surface area contributed by atoms with Crippen LogP contribution >= 0.6 is 11.8 Å². The van der Waals surface area contributed by atoms with E-state index in [4.69, 9.17) is 0 Å². The molecule has 1 aliphatic carbocycles. The van der Waals surface area contributed by atoms with Crippen molar-refractivity contribution in [3.8, 4) is 0 Å². The van der Waals surface area contributed by atoms with Gasteiger partial charge in [-0.1, -0.05) is 23.9 Å². The zero-order chi connectivity index (χ0) is 18.8. The summed E-state index contributed by atoms with van der Waals surface area (Å²) in [6.45, 7) is 5.33. The van der Waals surface area contributed by atoms with Crippen LogP contribution in [0.25, 0.3) is 10.9 Å². The number of nitrogens with one attached hydrogen (secondary N) is 2. The van der Waals surface area contributed by atoms with E-state index in [-0.39, 0.29) is 17.6 Å². The molecule has 0 spiro atoms. The highest BCUT2D eigenvalue weighted by Gasteiger charge is 2.30. The van der Waals surface area contributed by atoms with E-state index in [0.717, 1.165) is 12.8 Å². The SMILES string of the molecule is CC(C)NC(=O)NC(=O)[C@@H](C)Sc1nc2ccccc2c(=O)n1C1CC1. The van der Waals surface area contributed by atoms with Gasteiger partial charge in [0.1, 0.15) is 0 Å². The Labute approximate surface area is 155 Å². The zero-order valence-corrected chi connectivity index (χ0v) is 15.8. The second-order valence-electron chi connectivity index (χ2n) is 6.70. The summed E-state index contributed by atoms with van der Waals surface area (Å²) in [7, 11) is 0. The van der Waals surface area contributed by atoms with Gasteiger partial charge in [0.05, 0.1) is 16.2 Å². The number of carbonyl (C=O) groups excluding carboxylic acids is 2. The number of aromatic nitrogens is 2. The molecule has 26 heavy (non-hydrogen) atoms. The van der Waals surface area contributed by atoms with Crippen molar-refractivity contribution >= 4 is 34.6 Å². The summed E-state index contributed by atoms with van der Waals surface area (Å²) >= 11 is 1.20. The predicted molar refractivity (Wildman–Crippen MR) is 101 cm³/mol. The number of hydrogen-bond acceptors (Lipinski definition) is 5. The molecule has 138 valence electrons. The van der Waals surface area contributed by atoms with Crippen LogP contribution in [0.2, 0.25) is 0 Å². The molecular weight excluding hydrogens is 352 g/mol. The van der Waals surface area contributed by atoms with Gasteiger partial charge in [-0.25, -0.2) is 9.78 Å². The highest BCUT2D eigenvalue weighted by atomic mass is 32.2. The number of amides is 3. The maximum atomic E-state index is 12.8. The van der Waals surface area contributed by atoms with Gasteiger partial charge in [-0.3, -0.25) is 19.5 Å². The van der Waals surface area contributed by atoms with Crippen molar-refractivity contribution in [2.45, 2.75) is 56.1 Å². The summed E-state index contributed by atoms with van der Waals surface area (Å²) in [6, 6.07) is 6.76. The van der Waals surface area contributed by atoms with Crippen LogP contribution in [-0.4, -0.2) is 32.8 Å². The second kappa shape index (κ2) is 7.49. The summed E-state index contributed by atoms with van der Waals surface area (Å²) in [5.41, 5.74) is 0.535. The Morgan fingerprint density at radius 3 is 2.58 bits per heavy atom. The quantitative estimate of drug-likeness (QED) is 0.619. The monoisotopic (exact) mass is 374 g/mol. The molecule has 1 fully saturated rings. The van der Waals surface area contributed by atoms with Crippen molar-refractivity contribution in [3.63, 3.8) is 0 Å². The van der Waals surface area contributed by atoms with Crippen LogP contribution in [0.15, 0.2) is 34.2 Å². The molecule has 3 rings (SSSR count). The Bertz CT molecular complexity index is 905. The van der Waals surface area contributed by atoms with Crippen molar-refractivity contribution in [2.75, 3.05) is 0 Å². The molecule has 0 saturated heterocycles. The first-order chi connectivity index (χ1) is 12.4. The molecule has 7 nitrogen and oxygen atoms in total. The van der Waals surface area contributed by atoms with E-state index < -0.39 is 17.2 Å². The minimum absolute atomic E-state index is 0.0621. The van der Waals surface area contributed by atoms with E-state index >= 15 is 0 Å². The van der Waals surface area contributed by atoms with Crippen molar-refractivity contribution in [1.29, 1.82) is 0 Å². The van der Waals surface area contributed by atoms with Gasteiger partial charge in [-0.05, 0) is 45.7 Å². The lowest BCUT2D eigenvalue weighted by Crippen LogP contribution is -2.45. The van der Waals surface area contributed by atoms with Crippen molar-refractivity contribution in [2.24, 2.45) is 0 Å². The molecule has 3 amide bonds. The average Bonchev–Trinajstić information content (AvgIpc) is 3.39. The molecule has 1 saturated carbocycles. The Morgan fingerprint density at radius 2 is 1.92 bits per heavy atom. The van der Waals surface area contributed by atoms with Gasteiger partial charge in [0, 0.05) is 12.1 Å². The molecule has 1 atom stereocenters. The number of carbonyl (C=O) groups is 2. The van der Waals surface area contributed by atoms with Gasteiger partial charge in [-0.2, -0.15) is 0 Å². The minimum Gasteiger partial charge on any atom is -0.336 e. The molecule has 2 aromatic rings. The maximum absolute atomic E-state index is 12.8. The first-order valence-corrected chi connectivity index (χ1v) is 9.54. The topological polar surface area (TPSA) is 93.1 Å². The number of imide groups is 1. The number of rotatable bonds is 5. The van der Waals surface area contributed by atoms with E-state index in [0.29, 0.717) is 16.1 Å². The van der Waals surface area contributed by atoms with E-state index in [1.807, 2.05) is 26.0 Å². The van der Waals surface area contributed by atoms with Crippen LogP contribution in [0, 0.1) is 0 Å². The van der Waals surface area contributed by atoms with Crippen molar-refractivity contribution < 1.29 is 9.59 Å². The fourth-order valence-corrected chi connectivity index (χ4v) is 3.57. The normalized spacial score (nSPS) is 15.1. The molecule has 0 bridgehead atoms. The lowest BCUT2D eigenvalue weighted by atomic mass is 10.2. The molecule has 2 N–H and O–H groups in total. The van der Waals surface area contributed by atoms with E-state index in [2.05, 4.69) is 15.6 Å². The summed E-state index contributed by atoms with van der Waals surface area (Å²) in [6.07, 6.45) is 1.87. The summed E-state index contributed by atoms with van der Waals surface area (Å²) in [4.78, 5) is 41.4. The number of urea groups is 1. The molecule has 1 aromatic carbocycles. The average molecular weight is 374 g/mol. The molecule has 0 unspecified atom stereocenters. The van der Waals surface area contributed by atoms with Crippen LogP contribution in [0.5, 0.6) is 0 Å². The second-order valence-corrected chi connectivity index (χ2v) is 8.00. The first kappa shape index (κ1) is 18.4. The Kier molecular flexibility index (Phi) is 5.31. The van der Waals surface area contributed by atoms with Gasteiger partial charge in [0.25, 0.3) is 5.56 Å². The third kappa shape index (κ3) is 4.07. The van der Waals surface area contributed by atoms with Gasteiger partial charge in [-0.15, -0.1) is 0 Å². The third-order valence-corrected chi connectivity index (χ3v) is 5.06. The summed E-state index contributed by atoms with van der Waals surface area (Å²) < 4.78 is 1.69.